The zero-order valence-electron chi connectivity index (χ0n) is 14.1. The first-order valence-electron chi connectivity index (χ1n) is 7.92. The molecule has 0 aliphatic heterocycles. The number of nitrogens with zero attached hydrogens (tertiary/aromatic N) is 2. The molecule has 138 valence electrons. The summed E-state index contributed by atoms with van der Waals surface area (Å²) in [5, 5.41) is 21.0. The molecule has 1 unspecified atom stereocenters. The molecule has 7 nitrogen and oxygen atoms in total. The minimum absolute atomic E-state index is 0.0769. The van der Waals surface area contributed by atoms with Crippen molar-refractivity contribution in [2.45, 2.75) is 17.4 Å². The van der Waals surface area contributed by atoms with E-state index in [1.54, 1.807) is 0 Å². The maximum Gasteiger partial charge on any atom is 0.289 e. The van der Waals surface area contributed by atoms with E-state index in [4.69, 9.17) is 0 Å². The van der Waals surface area contributed by atoms with Crippen LogP contribution in [0.25, 0.3) is 0 Å². The Kier molecular flexibility index (Phi) is 6.62. The van der Waals surface area contributed by atoms with Crippen LogP contribution in [0.4, 0.5) is 5.69 Å². The van der Waals surface area contributed by atoms with Crippen molar-refractivity contribution in [2.75, 3.05) is 13.2 Å². The molecule has 26 heavy (non-hydrogen) atoms. The van der Waals surface area contributed by atoms with Crippen LogP contribution in [0.5, 0.6) is 0 Å². The van der Waals surface area contributed by atoms with Crippen molar-refractivity contribution in [1.29, 1.82) is 0 Å². The minimum Gasteiger partial charge on any atom is -0.395 e. The van der Waals surface area contributed by atoms with Crippen molar-refractivity contribution in [2.24, 2.45) is 0 Å². The molecule has 1 N–H and O–H groups in total. The highest BCUT2D eigenvalue weighted by molar-refractivity contribution is 7.89. The fourth-order valence-corrected chi connectivity index (χ4v) is 4.41. The number of nitro groups is 1. The Morgan fingerprint density at radius 2 is 1.77 bits per heavy atom. The maximum absolute atomic E-state index is 13.1. The summed E-state index contributed by atoms with van der Waals surface area (Å²) in [7, 11) is -4.21. The van der Waals surface area contributed by atoms with Gasteiger partial charge in [0.05, 0.1) is 17.6 Å². The van der Waals surface area contributed by atoms with E-state index in [0.717, 1.165) is 15.9 Å². The SMILES string of the molecule is C=CCN(C(CO)Cc1ccccc1)S(=O)(=O)c1ccccc1[N+](=O)[O-]. The van der Waals surface area contributed by atoms with Gasteiger partial charge in [-0.15, -0.1) is 6.58 Å². The molecule has 2 aromatic carbocycles. The van der Waals surface area contributed by atoms with Gasteiger partial charge in [0.2, 0.25) is 0 Å². The summed E-state index contributed by atoms with van der Waals surface area (Å²) in [6.45, 7) is 3.06. The molecule has 0 radical (unpaired) electrons. The molecular weight excluding hydrogens is 356 g/mol. The van der Waals surface area contributed by atoms with Gasteiger partial charge in [0.25, 0.3) is 15.7 Å². The first-order chi connectivity index (χ1) is 12.4. The lowest BCUT2D eigenvalue weighted by Gasteiger charge is -2.28. The Balaban J connectivity index is 2.47. The molecule has 2 rings (SSSR count). The number of rotatable bonds is 9. The van der Waals surface area contributed by atoms with Gasteiger partial charge < -0.3 is 5.11 Å². The van der Waals surface area contributed by atoms with Crippen molar-refractivity contribution in [3.63, 3.8) is 0 Å². The van der Waals surface area contributed by atoms with Gasteiger partial charge in [0, 0.05) is 12.6 Å². The highest BCUT2D eigenvalue weighted by Crippen LogP contribution is 2.28. The summed E-state index contributed by atoms with van der Waals surface area (Å²) >= 11 is 0. The molecule has 0 aromatic heterocycles. The lowest BCUT2D eigenvalue weighted by atomic mass is 10.1. The quantitative estimate of drug-likeness (QED) is 0.411. The summed E-state index contributed by atoms with van der Waals surface area (Å²) in [4.78, 5) is 10.1. The molecule has 0 aliphatic carbocycles. The van der Waals surface area contributed by atoms with Crippen LogP contribution in [0.15, 0.2) is 72.1 Å². The Morgan fingerprint density at radius 3 is 2.35 bits per heavy atom. The van der Waals surface area contributed by atoms with E-state index in [1.165, 1.54) is 24.3 Å². The number of para-hydroxylation sites is 1. The summed E-state index contributed by atoms with van der Waals surface area (Å²) in [5.41, 5.74) is 0.344. The zero-order valence-corrected chi connectivity index (χ0v) is 14.9. The second-order valence-corrected chi connectivity index (χ2v) is 7.47. The number of sulfonamides is 1. The Bertz CT molecular complexity index is 868. The highest BCUT2D eigenvalue weighted by atomic mass is 32.2. The lowest BCUT2D eigenvalue weighted by Crippen LogP contribution is -2.44. The van der Waals surface area contributed by atoms with Gasteiger partial charge in [-0.1, -0.05) is 48.5 Å². The van der Waals surface area contributed by atoms with Gasteiger partial charge in [0.1, 0.15) is 0 Å². The third-order valence-electron chi connectivity index (χ3n) is 3.89. The third kappa shape index (κ3) is 4.34. The number of hydrogen-bond donors (Lipinski definition) is 1. The third-order valence-corrected chi connectivity index (χ3v) is 5.86. The van der Waals surface area contributed by atoms with Crippen molar-refractivity contribution < 1.29 is 18.4 Å². The molecule has 2 aromatic rings. The number of benzene rings is 2. The molecule has 0 fully saturated rings. The lowest BCUT2D eigenvalue weighted by molar-refractivity contribution is -0.387. The fraction of sp³-hybridized carbons (Fsp3) is 0.222. The molecule has 0 aliphatic rings. The van der Waals surface area contributed by atoms with E-state index in [-0.39, 0.29) is 13.0 Å². The molecule has 0 bridgehead atoms. The minimum atomic E-state index is -4.21. The number of aliphatic hydroxyl groups excluding tert-OH is 1. The van der Waals surface area contributed by atoms with Crippen LogP contribution in [-0.2, 0) is 16.4 Å². The molecular formula is C18H20N2O5S. The van der Waals surface area contributed by atoms with Crippen molar-refractivity contribution >= 4 is 15.7 Å². The van der Waals surface area contributed by atoms with E-state index in [1.807, 2.05) is 30.3 Å². The van der Waals surface area contributed by atoms with E-state index in [9.17, 15) is 23.6 Å². The first-order valence-corrected chi connectivity index (χ1v) is 9.36. The monoisotopic (exact) mass is 376 g/mol. The van der Waals surface area contributed by atoms with E-state index < -0.39 is 38.2 Å². The largest absolute Gasteiger partial charge is 0.395 e. The van der Waals surface area contributed by atoms with Gasteiger partial charge in [-0.2, -0.15) is 4.31 Å². The zero-order chi connectivity index (χ0) is 19.2. The average Bonchev–Trinajstić information content (AvgIpc) is 2.65. The van der Waals surface area contributed by atoms with Crippen LogP contribution in [0.3, 0.4) is 0 Å². The second kappa shape index (κ2) is 8.70. The van der Waals surface area contributed by atoms with Crippen LogP contribution in [-0.4, -0.2) is 41.9 Å². The maximum atomic E-state index is 13.1. The first kappa shape index (κ1) is 19.8. The van der Waals surface area contributed by atoms with Gasteiger partial charge in [-0.3, -0.25) is 10.1 Å². The van der Waals surface area contributed by atoms with Crippen molar-refractivity contribution in [1.82, 2.24) is 4.31 Å². The Morgan fingerprint density at radius 1 is 1.15 bits per heavy atom. The Hall–Kier alpha value is -2.55. The van der Waals surface area contributed by atoms with Gasteiger partial charge in [-0.05, 0) is 18.1 Å². The molecule has 1 atom stereocenters. The van der Waals surface area contributed by atoms with E-state index >= 15 is 0 Å². The number of aliphatic hydroxyl groups is 1. The highest BCUT2D eigenvalue weighted by Gasteiger charge is 2.35. The second-order valence-electron chi connectivity index (χ2n) is 5.61. The van der Waals surface area contributed by atoms with Crippen molar-refractivity contribution in [3.8, 4) is 0 Å². The summed E-state index contributed by atoms with van der Waals surface area (Å²) in [5.74, 6) is 0. The van der Waals surface area contributed by atoms with E-state index in [0.29, 0.717) is 0 Å². The van der Waals surface area contributed by atoms with Crippen LogP contribution in [0, 0.1) is 10.1 Å². The smallest absolute Gasteiger partial charge is 0.289 e. The van der Waals surface area contributed by atoms with Crippen LogP contribution < -0.4 is 0 Å². The van der Waals surface area contributed by atoms with Gasteiger partial charge in [0.15, 0.2) is 4.90 Å². The molecule has 0 spiro atoms. The van der Waals surface area contributed by atoms with Crippen LogP contribution in [0.2, 0.25) is 0 Å². The van der Waals surface area contributed by atoms with Crippen molar-refractivity contribution in [3.05, 3.63) is 82.9 Å². The van der Waals surface area contributed by atoms with Gasteiger partial charge in [-0.25, -0.2) is 8.42 Å². The summed E-state index contributed by atoms with van der Waals surface area (Å²) in [6.07, 6.45) is 1.66. The molecule has 0 saturated carbocycles. The summed E-state index contributed by atoms with van der Waals surface area (Å²) in [6, 6.07) is 13.5. The topological polar surface area (TPSA) is 101 Å². The molecule has 0 saturated heterocycles. The number of nitro benzene ring substituents is 1. The number of hydrogen-bond acceptors (Lipinski definition) is 5. The summed E-state index contributed by atoms with van der Waals surface area (Å²) < 4.78 is 27.3. The van der Waals surface area contributed by atoms with E-state index in [2.05, 4.69) is 6.58 Å². The predicted octanol–water partition coefficient (Wildman–Crippen LogP) is 2.38. The van der Waals surface area contributed by atoms with Gasteiger partial charge >= 0.3 is 0 Å². The molecule has 0 amide bonds. The molecule has 8 heteroatoms. The molecule has 0 heterocycles. The predicted molar refractivity (Wildman–Crippen MR) is 98.2 cm³/mol. The van der Waals surface area contributed by atoms with Crippen LogP contribution in [0.1, 0.15) is 5.56 Å². The van der Waals surface area contributed by atoms with Crippen LogP contribution >= 0.6 is 0 Å². The fourth-order valence-electron chi connectivity index (χ4n) is 2.67. The Labute approximate surface area is 152 Å². The average molecular weight is 376 g/mol. The standard InChI is InChI=1S/C18H20N2O5S/c1-2-12-19(16(14-21)13-15-8-4-3-5-9-15)26(24,25)18-11-7-6-10-17(18)20(22)23/h2-11,16,21H,1,12-14H2. The normalized spacial score (nSPS) is 12.7.